The van der Waals surface area contributed by atoms with Gasteiger partial charge in [-0.05, 0) is 18.6 Å². The van der Waals surface area contributed by atoms with Gasteiger partial charge in [-0.1, -0.05) is 6.07 Å². The van der Waals surface area contributed by atoms with Crippen molar-refractivity contribution in [3.05, 3.63) is 23.8 Å². The van der Waals surface area contributed by atoms with E-state index in [0.29, 0.717) is 30.0 Å². The molecular formula is C14H19NO5S. The normalized spacial score (nSPS) is 18.6. The van der Waals surface area contributed by atoms with Crippen molar-refractivity contribution >= 4 is 15.7 Å². The Labute approximate surface area is 124 Å². The molecule has 1 amide bonds. The van der Waals surface area contributed by atoms with Crippen LogP contribution in [0.4, 0.5) is 0 Å². The van der Waals surface area contributed by atoms with Crippen molar-refractivity contribution in [2.75, 3.05) is 33.6 Å². The summed E-state index contributed by atoms with van der Waals surface area (Å²) < 4.78 is 33.6. The number of methoxy groups -OCH3 is 2. The topological polar surface area (TPSA) is 72.9 Å². The molecule has 0 spiro atoms. The molecule has 0 aliphatic carbocycles. The summed E-state index contributed by atoms with van der Waals surface area (Å²) in [6.45, 7) is 0.622. The first-order chi connectivity index (χ1) is 9.88. The predicted molar refractivity (Wildman–Crippen MR) is 78.7 cm³/mol. The zero-order valence-corrected chi connectivity index (χ0v) is 13.1. The number of rotatable bonds is 4. The van der Waals surface area contributed by atoms with Crippen LogP contribution in [-0.4, -0.2) is 58.0 Å². The van der Waals surface area contributed by atoms with E-state index in [1.54, 1.807) is 18.2 Å². The number of sulfone groups is 1. The van der Waals surface area contributed by atoms with Crippen LogP contribution in [-0.2, 0) is 9.84 Å². The molecule has 1 unspecified atom stereocenters. The summed E-state index contributed by atoms with van der Waals surface area (Å²) in [6, 6.07) is 5.09. The van der Waals surface area contributed by atoms with E-state index in [0.717, 1.165) is 0 Å². The molecule has 116 valence electrons. The second-order valence-corrected chi connectivity index (χ2v) is 7.35. The summed E-state index contributed by atoms with van der Waals surface area (Å²) in [5.41, 5.74) is 0.330. The second-order valence-electron chi connectivity index (χ2n) is 5.03. The van der Waals surface area contributed by atoms with E-state index in [1.165, 1.54) is 25.4 Å². The molecule has 7 heteroatoms. The third-order valence-electron chi connectivity index (χ3n) is 3.68. The molecule has 1 aliphatic heterocycles. The second kappa shape index (κ2) is 5.93. The predicted octanol–water partition coefficient (Wildman–Crippen LogP) is 0.963. The van der Waals surface area contributed by atoms with Crippen LogP contribution in [0.1, 0.15) is 16.8 Å². The fourth-order valence-corrected chi connectivity index (χ4v) is 3.47. The van der Waals surface area contributed by atoms with Gasteiger partial charge in [-0.2, -0.15) is 0 Å². The van der Waals surface area contributed by atoms with Gasteiger partial charge in [0.2, 0.25) is 0 Å². The maximum atomic E-state index is 12.7. The van der Waals surface area contributed by atoms with Crippen LogP contribution >= 0.6 is 0 Å². The monoisotopic (exact) mass is 313 g/mol. The fraction of sp³-hybridized carbons (Fsp3) is 0.500. The summed E-state index contributed by atoms with van der Waals surface area (Å²) in [5.74, 6) is 0.569. The summed E-state index contributed by atoms with van der Waals surface area (Å²) in [7, 11) is -0.177. The lowest BCUT2D eigenvalue weighted by Gasteiger charge is -2.19. The number of likely N-dealkylation sites (tertiary alicyclic amines) is 1. The summed E-state index contributed by atoms with van der Waals surface area (Å²) in [5, 5.41) is -0.498. The van der Waals surface area contributed by atoms with Crippen molar-refractivity contribution in [1.29, 1.82) is 0 Å². The van der Waals surface area contributed by atoms with Gasteiger partial charge >= 0.3 is 0 Å². The van der Waals surface area contributed by atoms with E-state index in [1.807, 2.05) is 0 Å². The van der Waals surface area contributed by atoms with Crippen molar-refractivity contribution in [3.8, 4) is 11.5 Å². The molecule has 0 saturated carbocycles. The van der Waals surface area contributed by atoms with Gasteiger partial charge in [0, 0.05) is 19.3 Å². The Morgan fingerprint density at radius 3 is 2.24 bits per heavy atom. The van der Waals surface area contributed by atoms with Crippen LogP contribution in [0.25, 0.3) is 0 Å². The number of carbonyl (C=O) groups is 1. The summed E-state index contributed by atoms with van der Waals surface area (Å²) >= 11 is 0. The molecule has 0 bridgehead atoms. The van der Waals surface area contributed by atoms with E-state index in [2.05, 4.69) is 0 Å². The lowest BCUT2D eigenvalue weighted by molar-refractivity contribution is 0.0786. The molecule has 2 rings (SSSR count). The van der Waals surface area contributed by atoms with Crippen LogP contribution in [0.15, 0.2) is 18.2 Å². The molecule has 0 radical (unpaired) electrons. The lowest BCUT2D eigenvalue weighted by atomic mass is 10.1. The third kappa shape index (κ3) is 3.12. The zero-order valence-electron chi connectivity index (χ0n) is 12.3. The number of benzene rings is 1. The zero-order chi connectivity index (χ0) is 15.6. The standard InChI is InChI=1S/C14H19NO5S/c1-19-11-5-4-6-12(20-2)13(11)14(16)15-8-7-10(9-15)21(3,17)18/h4-6,10H,7-9H2,1-3H3. The van der Waals surface area contributed by atoms with E-state index >= 15 is 0 Å². The summed E-state index contributed by atoms with van der Waals surface area (Å²) in [4.78, 5) is 14.2. The highest BCUT2D eigenvalue weighted by Gasteiger charge is 2.34. The quantitative estimate of drug-likeness (QED) is 0.828. The highest BCUT2D eigenvalue weighted by atomic mass is 32.2. The molecule has 1 aliphatic rings. The summed E-state index contributed by atoms with van der Waals surface area (Å²) in [6.07, 6.45) is 1.66. The molecule has 0 aromatic heterocycles. The van der Waals surface area contributed by atoms with Gasteiger partial charge < -0.3 is 14.4 Å². The van der Waals surface area contributed by atoms with Gasteiger partial charge in [-0.15, -0.1) is 0 Å². The molecule has 1 atom stereocenters. The Morgan fingerprint density at radius 2 is 1.81 bits per heavy atom. The Balaban J connectivity index is 2.30. The first-order valence-electron chi connectivity index (χ1n) is 6.57. The number of carbonyl (C=O) groups excluding carboxylic acids is 1. The van der Waals surface area contributed by atoms with Gasteiger partial charge in [-0.25, -0.2) is 8.42 Å². The van der Waals surface area contributed by atoms with Crippen LogP contribution in [0, 0.1) is 0 Å². The minimum absolute atomic E-state index is 0.207. The lowest BCUT2D eigenvalue weighted by Crippen LogP contribution is -2.32. The maximum absolute atomic E-state index is 12.7. The van der Waals surface area contributed by atoms with Crippen molar-refractivity contribution in [2.45, 2.75) is 11.7 Å². The van der Waals surface area contributed by atoms with Crippen molar-refractivity contribution in [2.24, 2.45) is 0 Å². The van der Waals surface area contributed by atoms with Crippen molar-refractivity contribution in [3.63, 3.8) is 0 Å². The molecule has 1 saturated heterocycles. The third-order valence-corrected chi connectivity index (χ3v) is 5.28. The Kier molecular flexibility index (Phi) is 4.41. The van der Waals surface area contributed by atoms with Gasteiger partial charge in [0.1, 0.15) is 17.1 Å². The van der Waals surface area contributed by atoms with Crippen LogP contribution in [0.2, 0.25) is 0 Å². The highest BCUT2D eigenvalue weighted by molar-refractivity contribution is 7.91. The highest BCUT2D eigenvalue weighted by Crippen LogP contribution is 2.31. The first kappa shape index (κ1) is 15.6. The van der Waals surface area contributed by atoms with Gasteiger partial charge in [0.05, 0.1) is 19.5 Å². The first-order valence-corrected chi connectivity index (χ1v) is 8.53. The Hall–Kier alpha value is -1.76. The molecule has 1 aromatic carbocycles. The number of nitrogens with zero attached hydrogens (tertiary/aromatic N) is 1. The Bertz CT molecular complexity index is 619. The van der Waals surface area contributed by atoms with Gasteiger partial charge in [0.15, 0.2) is 9.84 Å². The van der Waals surface area contributed by atoms with Crippen molar-refractivity contribution < 1.29 is 22.7 Å². The SMILES string of the molecule is COc1cccc(OC)c1C(=O)N1CCC(S(C)(=O)=O)C1. The largest absolute Gasteiger partial charge is 0.496 e. The minimum Gasteiger partial charge on any atom is -0.496 e. The van der Waals surface area contributed by atoms with Crippen molar-refractivity contribution in [1.82, 2.24) is 4.90 Å². The van der Waals surface area contributed by atoms with E-state index in [4.69, 9.17) is 9.47 Å². The van der Waals surface area contributed by atoms with Crippen LogP contribution in [0.5, 0.6) is 11.5 Å². The van der Waals surface area contributed by atoms with E-state index in [-0.39, 0.29) is 12.5 Å². The van der Waals surface area contributed by atoms with Gasteiger partial charge in [-0.3, -0.25) is 4.79 Å². The molecule has 6 nitrogen and oxygen atoms in total. The molecule has 1 aromatic rings. The maximum Gasteiger partial charge on any atom is 0.261 e. The molecular weight excluding hydrogens is 294 g/mol. The minimum atomic E-state index is -3.14. The van der Waals surface area contributed by atoms with Crippen LogP contribution in [0.3, 0.4) is 0 Å². The molecule has 21 heavy (non-hydrogen) atoms. The Morgan fingerprint density at radius 1 is 1.24 bits per heavy atom. The smallest absolute Gasteiger partial charge is 0.261 e. The average Bonchev–Trinajstić information content (AvgIpc) is 2.95. The van der Waals surface area contributed by atoms with Crippen LogP contribution < -0.4 is 9.47 Å². The number of ether oxygens (including phenoxy) is 2. The molecule has 0 N–H and O–H groups in total. The molecule has 1 fully saturated rings. The average molecular weight is 313 g/mol. The van der Waals surface area contributed by atoms with E-state index in [9.17, 15) is 13.2 Å². The number of hydrogen-bond donors (Lipinski definition) is 0. The van der Waals surface area contributed by atoms with Gasteiger partial charge in [0.25, 0.3) is 5.91 Å². The molecule has 1 heterocycles. The fourth-order valence-electron chi connectivity index (χ4n) is 2.48. The number of hydrogen-bond acceptors (Lipinski definition) is 5. The van der Waals surface area contributed by atoms with E-state index < -0.39 is 15.1 Å². The number of amides is 1.